The standard InChI is InChI=1S/C30H33FN4O3/c1-37-26-13-18-34(30(36)25-12-19-35(29(25)26)23-6-3-2-4-7-23)15-5-14-33-16-10-21(11-17-33)28-24-9-8-22(31)20-27(24)38-32-28/h2-4,6-9,12,19-21,26H,5,10-11,13-18H2,1H3. The molecule has 0 spiro atoms. The van der Waals surface area contributed by atoms with Crippen LogP contribution in [0.25, 0.3) is 16.7 Å². The summed E-state index contributed by atoms with van der Waals surface area (Å²) in [6.45, 7) is 4.31. The minimum Gasteiger partial charge on any atom is -0.375 e. The minimum absolute atomic E-state index is 0.0855. The van der Waals surface area contributed by atoms with Crippen LogP contribution in [-0.2, 0) is 4.74 Å². The maximum Gasteiger partial charge on any atom is 0.255 e. The highest BCUT2D eigenvalue weighted by molar-refractivity contribution is 5.96. The Labute approximate surface area is 221 Å². The molecule has 0 aliphatic carbocycles. The molecule has 198 valence electrons. The Kier molecular flexibility index (Phi) is 7.00. The van der Waals surface area contributed by atoms with Crippen LogP contribution in [0.1, 0.15) is 59.5 Å². The molecule has 1 amide bonds. The van der Waals surface area contributed by atoms with Crippen LogP contribution in [0, 0.1) is 5.82 Å². The van der Waals surface area contributed by atoms with E-state index in [9.17, 15) is 9.18 Å². The molecule has 0 radical (unpaired) electrons. The summed E-state index contributed by atoms with van der Waals surface area (Å²) in [6.07, 6.45) is 5.53. The molecule has 7 nitrogen and oxygen atoms in total. The number of para-hydroxylation sites is 1. The molecule has 2 aliphatic rings. The molecule has 4 heterocycles. The smallest absolute Gasteiger partial charge is 0.255 e. The Morgan fingerprint density at radius 1 is 1.03 bits per heavy atom. The number of aromatic nitrogens is 2. The van der Waals surface area contributed by atoms with Gasteiger partial charge in [0.05, 0.1) is 23.1 Å². The third kappa shape index (κ3) is 4.74. The number of nitrogens with zero attached hydrogens (tertiary/aromatic N) is 4. The van der Waals surface area contributed by atoms with Crippen LogP contribution < -0.4 is 0 Å². The van der Waals surface area contributed by atoms with E-state index in [4.69, 9.17) is 9.26 Å². The lowest BCUT2D eigenvalue weighted by Gasteiger charge is -2.31. The third-order valence-corrected chi connectivity index (χ3v) is 8.07. The van der Waals surface area contributed by atoms with Gasteiger partial charge in [0.1, 0.15) is 5.82 Å². The number of amides is 1. The van der Waals surface area contributed by atoms with Crippen molar-refractivity contribution in [1.29, 1.82) is 0 Å². The number of hydrogen-bond acceptors (Lipinski definition) is 5. The first-order valence-electron chi connectivity index (χ1n) is 13.5. The maximum atomic E-state index is 13.5. The predicted molar refractivity (Wildman–Crippen MR) is 143 cm³/mol. The summed E-state index contributed by atoms with van der Waals surface area (Å²) < 4.78 is 26.8. The van der Waals surface area contributed by atoms with E-state index >= 15 is 0 Å². The van der Waals surface area contributed by atoms with Gasteiger partial charge >= 0.3 is 0 Å². The predicted octanol–water partition coefficient (Wildman–Crippen LogP) is 5.56. The first-order chi connectivity index (χ1) is 18.6. The number of rotatable bonds is 7. The van der Waals surface area contributed by atoms with E-state index in [0.29, 0.717) is 18.0 Å². The number of fused-ring (bicyclic) bond motifs is 2. The number of carbonyl (C=O) groups excluding carboxylic acids is 1. The van der Waals surface area contributed by atoms with Crippen molar-refractivity contribution >= 4 is 16.9 Å². The zero-order valence-corrected chi connectivity index (χ0v) is 21.7. The molecule has 2 aromatic carbocycles. The van der Waals surface area contributed by atoms with Gasteiger partial charge in [0.2, 0.25) is 0 Å². The Morgan fingerprint density at radius 2 is 1.84 bits per heavy atom. The van der Waals surface area contributed by atoms with E-state index in [1.807, 2.05) is 47.5 Å². The van der Waals surface area contributed by atoms with Gasteiger partial charge in [-0.3, -0.25) is 4.79 Å². The Hall–Kier alpha value is -3.49. The number of methoxy groups -OCH3 is 1. The highest BCUT2D eigenvalue weighted by Crippen LogP contribution is 2.34. The SMILES string of the molecule is COC1CCN(CCCN2CCC(c3noc4cc(F)ccc34)CC2)C(=O)c2ccn(-c3ccccc3)c21. The van der Waals surface area contributed by atoms with E-state index in [0.717, 1.165) is 79.9 Å². The van der Waals surface area contributed by atoms with Crippen LogP contribution >= 0.6 is 0 Å². The van der Waals surface area contributed by atoms with Gasteiger partial charge in [0, 0.05) is 49.5 Å². The van der Waals surface area contributed by atoms with Gasteiger partial charge in [-0.05, 0) is 75.6 Å². The fourth-order valence-electron chi connectivity index (χ4n) is 6.03. The molecule has 8 heteroatoms. The zero-order valence-electron chi connectivity index (χ0n) is 21.7. The van der Waals surface area contributed by atoms with E-state index in [-0.39, 0.29) is 17.8 Å². The zero-order chi connectivity index (χ0) is 26.1. The van der Waals surface area contributed by atoms with Crippen molar-refractivity contribution in [3.8, 4) is 5.69 Å². The summed E-state index contributed by atoms with van der Waals surface area (Å²) in [6, 6.07) is 16.7. The molecule has 2 aliphatic heterocycles. The van der Waals surface area contributed by atoms with Crippen molar-refractivity contribution in [3.63, 3.8) is 0 Å². The number of hydrogen-bond donors (Lipinski definition) is 0. The summed E-state index contributed by atoms with van der Waals surface area (Å²) in [4.78, 5) is 18.0. The van der Waals surface area contributed by atoms with Crippen molar-refractivity contribution in [2.45, 2.75) is 37.7 Å². The normalized spacial score (nSPS) is 19.2. The number of carbonyl (C=O) groups is 1. The summed E-state index contributed by atoms with van der Waals surface area (Å²) in [5.41, 5.74) is 4.17. The molecule has 0 saturated carbocycles. The van der Waals surface area contributed by atoms with Gasteiger partial charge in [-0.15, -0.1) is 0 Å². The molecule has 1 atom stereocenters. The number of ether oxygens (including phenoxy) is 1. The van der Waals surface area contributed by atoms with Gasteiger partial charge in [-0.2, -0.15) is 0 Å². The van der Waals surface area contributed by atoms with Gasteiger partial charge in [0.15, 0.2) is 5.58 Å². The van der Waals surface area contributed by atoms with Crippen LogP contribution in [0.4, 0.5) is 4.39 Å². The Bertz CT molecular complexity index is 1410. The molecule has 1 unspecified atom stereocenters. The minimum atomic E-state index is -0.305. The summed E-state index contributed by atoms with van der Waals surface area (Å²) in [7, 11) is 1.72. The summed E-state index contributed by atoms with van der Waals surface area (Å²) in [5, 5.41) is 5.18. The fraction of sp³-hybridized carbons (Fsp3) is 0.400. The van der Waals surface area contributed by atoms with Crippen molar-refractivity contribution in [2.75, 3.05) is 39.8 Å². The average Bonchev–Trinajstić information content (AvgIpc) is 3.54. The van der Waals surface area contributed by atoms with Crippen LogP contribution in [0.5, 0.6) is 0 Å². The second-order valence-corrected chi connectivity index (χ2v) is 10.3. The van der Waals surface area contributed by atoms with E-state index in [1.165, 1.54) is 12.1 Å². The first-order valence-corrected chi connectivity index (χ1v) is 13.5. The van der Waals surface area contributed by atoms with Gasteiger partial charge in [-0.25, -0.2) is 4.39 Å². The van der Waals surface area contributed by atoms with Crippen molar-refractivity contribution < 1.29 is 18.4 Å². The van der Waals surface area contributed by atoms with Gasteiger partial charge < -0.3 is 23.6 Å². The molecule has 38 heavy (non-hydrogen) atoms. The molecule has 0 N–H and O–H groups in total. The highest BCUT2D eigenvalue weighted by Gasteiger charge is 2.31. The van der Waals surface area contributed by atoms with Crippen LogP contribution in [0.2, 0.25) is 0 Å². The Balaban J connectivity index is 1.06. The second kappa shape index (κ2) is 10.7. The average molecular weight is 517 g/mol. The van der Waals surface area contributed by atoms with Gasteiger partial charge in [-0.1, -0.05) is 23.4 Å². The lowest BCUT2D eigenvalue weighted by molar-refractivity contribution is 0.0688. The number of halogens is 1. The topological polar surface area (TPSA) is 63.7 Å². The van der Waals surface area contributed by atoms with Gasteiger partial charge in [0.25, 0.3) is 5.91 Å². The molecule has 4 aromatic rings. The van der Waals surface area contributed by atoms with Crippen molar-refractivity contribution in [1.82, 2.24) is 19.5 Å². The van der Waals surface area contributed by atoms with Crippen molar-refractivity contribution in [3.05, 3.63) is 83.6 Å². The monoisotopic (exact) mass is 516 g/mol. The van der Waals surface area contributed by atoms with E-state index in [1.54, 1.807) is 13.2 Å². The molecule has 2 aromatic heterocycles. The second-order valence-electron chi connectivity index (χ2n) is 10.3. The van der Waals surface area contributed by atoms with E-state index in [2.05, 4.69) is 14.6 Å². The highest BCUT2D eigenvalue weighted by atomic mass is 19.1. The Morgan fingerprint density at radius 3 is 2.63 bits per heavy atom. The lowest BCUT2D eigenvalue weighted by Crippen LogP contribution is -2.37. The number of benzene rings is 2. The molecule has 1 fully saturated rings. The largest absolute Gasteiger partial charge is 0.375 e. The summed E-state index contributed by atoms with van der Waals surface area (Å²) in [5.74, 6) is 0.103. The first kappa shape index (κ1) is 24.8. The third-order valence-electron chi connectivity index (χ3n) is 8.07. The number of piperidine rings is 1. The maximum absolute atomic E-state index is 13.5. The molecule has 1 saturated heterocycles. The number of likely N-dealkylation sites (tertiary alicyclic amines) is 1. The van der Waals surface area contributed by atoms with E-state index < -0.39 is 0 Å². The van der Waals surface area contributed by atoms with Crippen LogP contribution in [0.15, 0.2) is 65.3 Å². The fourth-order valence-corrected chi connectivity index (χ4v) is 6.03. The lowest BCUT2D eigenvalue weighted by atomic mass is 9.91. The molecular weight excluding hydrogens is 483 g/mol. The van der Waals surface area contributed by atoms with Crippen LogP contribution in [-0.4, -0.2) is 65.3 Å². The molecule has 6 rings (SSSR count). The molecular formula is C30H33FN4O3. The quantitative estimate of drug-likeness (QED) is 0.322. The van der Waals surface area contributed by atoms with Crippen LogP contribution in [0.3, 0.4) is 0 Å². The van der Waals surface area contributed by atoms with Crippen molar-refractivity contribution in [2.24, 2.45) is 0 Å². The molecule has 0 bridgehead atoms. The summed E-state index contributed by atoms with van der Waals surface area (Å²) >= 11 is 0.